The van der Waals surface area contributed by atoms with Gasteiger partial charge in [-0.2, -0.15) is 0 Å². The minimum Gasteiger partial charge on any atom is -0.339 e. The molecule has 2 amide bonds. The van der Waals surface area contributed by atoms with Crippen LogP contribution in [0, 0.1) is 5.92 Å². The third-order valence-corrected chi connectivity index (χ3v) is 5.68. The zero-order valence-corrected chi connectivity index (χ0v) is 14.5. The highest BCUT2D eigenvalue weighted by Gasteiger charge is 2.35. The number of likely N-dealkylation sites (tertiary alicyclic amines) is 1. The van der Waals surface area contributed by atoms with Gasteiger partial charge in [-0.15, -0.1) is 0 Å². The Morgan fingerprint density at radius 2 is 1.61 bits per heavy atom. The number of hydrogen-bond acceptors (Lipinski definition) is 4. The average Bonchev–Trinajstić information content (AvgIpc) is 3.00. The van der Waals surface area contributed by atoms with Crippen LogP contribution >= 0.6 is 0 Å². The summed E-state index contributed by atoms with van der Waals surface area (Å²) in [6.45, 7) is 6.87. The highest BCUT2D eigenvalue weighted by atomic mass is 16.2. The standard InChI is InChI=1S/C17H30N4O2/c1-13-12-14(5-6-18-13)16(22)20-8-10-21(11-9-20)17(23)15-4-3-7-19(15)2/h13-15,18H,3-12H2,1-2H3/t13-,14-,15?/m0/s1. The van der Waals surface area contributed by atoms with E-state index >= 15 is 0 Å². The molecule has 1 N–H and O–H groups in total. The summed E-state index contributed by atoms with van der Waals surface area (Å²) < 4.78 is 0. The lowest BCUT2D eigenvalue weighted by molar-refractivity contribution is -0.144. The smallest absolute Gasteiger partial charge is 0.240 e. The van der Waals surface area contributed by atoms with Crippen LogP contribution in [0.5, 0.6) is 0 Å². The molecule has 0 radical (unpaired) electrons. The number of carbonyl (C=O) groups excluding carboxylic acids is 2. The fraction of sp³-hybridized carbons (Fsp3) is 0.882. The van der Waals surface area contributed by atoms with Gasteiger partial charge in [-0.3, -0.25) is 14.5 Å². The molecule has 130 valence electrons. The van der Waals surface area contributed by atoms with Crippen molar-refractivity contribution in [3.8, 4) is 0 Å². The van der Waals surface area contributed by atoms with Gasteiger partial charge in [0.05, 0.1) is 6.04 Å². The van der Waals surface area contributed by atoms with E-state index in [1.54, 1.807) is 0 Å². The van der Waals surface area contributed by atoms with Gasteiger partial charge in [0.25, 0.3) is 0 Å². The number of rotatable bonds is 2. The summed E-state index contributed by atoms with van der Waals surface area (Å²) in [6.07, 6.45) is 3.96. The highest BCUT2D eigenvalue weighted by molar-refractivity contribution is 5.83. The van der Waals surface area contributed by atoms with Gasteiger partial charge >= 0.3 is 0 Å². The van der Waals surface area contributed by atoms with Crippen LogP contribution in [0.2, 0.25) is 0 Å². The van der Waals surface area contributed by atoms with E-state index in [9.17, 15) is 9.59 Å². The van der Waals surface area contributed by atoms with Crippen molar-refractivity contribution in [2.75, 3.05) is 46.3 Å². The van der Waals surface area contributed by atoms with Gasteiger partial charge in [0.1, 0.15) is 0 Å². The molecule has 3 rings (SSSR count). The number of nitrogens with zero attached hydrogens (tertiary/aromatic N) is 3. The van der Waals surface area contributed by atoms with Crippen LogP contribution < -0.4 is 5.32 Å². The summed E-state index contributed by atoms with van der Waals surface area (Å²) in [4.78, 5) is 31.4. The lowest BCUT2D eigenvalue weighted by Crippen LogP contribution is -2.55. The average molecular weight is 322 g/mol. The first-order chi connectivity index (χ1) is 11.1. The van der Waals surface area contributed by atoms with E-state index in [1.165, 1.54) is 0 Å². The van der Waals surface area contributed by atoms with Gasteiger partial charge in [0.15, 0.2) is 0 Å². The summed E-state index contributed by atoms with van der Waals surface area (Å²) in [6, 6.07) is 0.487. The SMILES string of the molecule is C[C@H]1C[C@@H](C(=O)N2CCN(C(=O)C3CCCN3C)CC2)CCN1. The maximum atomic E-state index is 12.7. The van der Waals surface area contributed by atoms with Crippen molar-refractivity contribution in [3.63, 3.8) is 0 Å². The maximum Gasteiger partial charge on any atom is 0.240 e. The largest absolute Gasteiger partial charge is 0.339 e. The van der Waals surface area contributed by atoms with Crippen molar-refractivity contribution in [1.82, 2.24) is 20.0 Å². The number of amides is 2. The Morgan fingerprint density at radius 3 is 2.17 bits per heavy atom. The van der Waals surface area contributed by atoms with Gasteiger partial charge in [-0.05, 0) is 52.7 Å². The first kappa shape index (κ1) is 16.7. The molecular weight excluding hydrogens is 292 g/mol. The van der Waals surface area contributed by atoms with E-state index in [4.69, 9.17) is 0 Å². The van der Waals surface area contributed by atoms with E-state index in [1.807, 2.05) is 16.8 Å². The second-order valence-corrected chi connectivity index (χ2v) is 7.37. The summed E-state index contributed by atoms with van der Waals surface area (Å²) in [7, 11) is 2.04. The zero-order valence-electron chi connectivity index (χ0n) is 14.5. The van der Waals surface area contributed by atoms with Crippen LogP contribution in [0.25, 0.3) is 0 Å². The minimum absolute atomic E-state index is 0.0579. The van der Waals surface area contributed by atoms with Crippen molar-refractivity contribution in [2.24, 2.45) is 5.92 Å². The third-order valence-electron chi connectivity index (χ3n) is 5.68. The first-order valence-corrected chi connectivity index (χ1v) is 9.07. The molecule has 0 aliphatic carbocycles. The van der Waals surface area contributed by atoms with Gasteiger partial charge < -0.3 is 15.1 Å². The second-order valence-electron chi connectivity index (χ2n) is 7.37. The maximum absolute atomic E-state index is 12.7. The van der Waals surface area contributed by atoms with Crippen LogP contribution in [-0.4, -0.2) is 84.9 Å². The van der Waals surface area contributed by atoms with Crippen LogP contribution in [0.15, 0.2) is 0 Å². The summed E-state index contributed by atoms with van der Waals surface area (Å²) >= 11 is 0. The Morgan fingerprint density at radius 1 is 0.957 bits per heavy atom. The van der Waals surface area contributed by atoms with E-state index in [2.05, 4.69) is 17.1 Å². The van der Waals surface area contributed by atoms with Gasteiger partial charge in [-0.25, -0.2) is 0 Å². The number of nitrogens with one attached hydrogen (secondary N) is 1. The molecule has 3 atom stereocenters. The van der Waals surface area contributed by atoms with Gasteiger partial charge in [0.2, 0.25) is 11.8 Å². The molecule has 0 saturated carbocycles. The van der Waals surface area contributed by atoms with Crippen LogP contribution in [0.1, 0.15) is 32.6 Å². The molecule has 6 heteroatoms. The molecule has 0 aromatic rings. The van der Waals surface area contributed by atoms with Gasteiger partial charge in [-0.1, -0.05) is 0 Å². The van der Waals surface area contributed by atoms with Crippen LogP contribution in [-0.2, 0) is 9.59 Å². The quantitative estimate of drug-likeness (QED) is 0.786. The Bertz CT molecular complexity index is 448. The third kappa shape index (κ3) is 3.69. The molecule has 3 heterocycles. The molecule has 3 aliphatic rings. The summed E-state index contributed by atoms with van der Waals surface area (Å²) in [5, 5.41) is 3.40. The summed E-state index contributed by atoms with van der Waals surface area (Å²) in [5.41, 5.74) is 0. The van der Waals surface area contributed by atoms with E-state index in [0.717, 1.165) is 38.8 Å². The number of piperazine rings is 1. The lowest BCUT2D eigenvalue weighted by atomic mass is 9.92. The molecule has 3 aliphatic heterocycles. The molecule has 3 fully saturated rings. The Balaban J connectivity index is 1.50. The number of likely N-dealkylation sites (N-methyl/N-ethyl adjacent to an activating group) is 1. The van der Waals surface area contributed by atoms with Crippen molar-refractivity contribution in [2.45, 2.75) is 44.7 Å². The predicted molar refractivity (Wildman–Crippen MR) is 89.0 cm³/mol. The minimum atomic E-state index is 0.0579. The fourth-order valence-corrected chi connectivity index (χ4v) is 4.19. The van der Waals surface area contributed by atoms with E-state index < -0.39 is 0 Å². The molecule has 0 aromatic heterocycles. The molecule has 1 unspecified atom stereocenters. The molecule has 0 spiro atoms. The molecule has 0 aromatic carbocycles. The number of carbonyl (C=O) groups is 2. The lowest BCUT2D eigenvalue weighted by Gasteiger charge is -2.39. The van der Waals surface area contributed by atoms with Gasteiger partial charge in [0, 0.05) is 38.1 Å². The fourth-order valence-electron chi connectivity index (χ4n) is 4.19. The van der Waals surface area contributed by atoms with Crippen molar-refractivity contribution in [1.29, 1.82) is 0 Å². The second kappa shape index (κ2) is 7.18. The number of piperidine rings is 1. The van der Waals surface area contributed by atoms with Crippen molar-refractivity contribution < 1.29 is 9.59 Å². The van der Waals surface area contributed by atoms with E-state index in [0.29, 0.717) is 38.1 Å². The van der Waals surface area contributed by atoms with Crippen LogP contribution in [0.3, 0.4) is 0 Å². The number of hydrogen-bond donors (Lipinski definition) is 1. The zero-order chi connectivity index (χ0) is 16.4. The molecule has 0 bridgehead atoms. The predicted octanol–water partition coefficient (Wildman–Crippen LogP) is 0.140. The highest BCUT2D eigenvalue weighted by Crippen LogP contribution is 2.21. The summed E-state index contributed by atoms with van der Waals surface area (Å²) in [5.74, 6) is 0.713. The molecule has 23 heavy (non-hydrogen) atoms. The Hall–Kier alpha value is -1.14. The topological polar surface area (TPSA) is 55.9 Å². The Labute approximate surface area is 139 Å². The van der Waals surface area contributed by atoms with Crippen molar-refractivity contribution >= 4 is 11.8 Å². The molecular formula is C17H30N4O2. The van der Waals surface area contributed by atoms with E-state index in [-0.39, 0.29) is 17.9 Å². The molecule has 3 saturated heterocycles. The Kier molecular flexibility index (Phi) is 5.21. The molecule has 6 nitrogen and oxygen atoms in total. The first-order valence-electron chi connectivity index (χ1n) is 9.07. The van der Waals surface area contributed by atoms with Crippen LogP contribution in [0.4, 0.5) is 0 Å². The normalized spacial score (nSPS) is 33.0. The monoisotopic (exact) mass is 322 g/mol. The van der Waals surface area contributed by atoms with Crippen molar-refractivity contribution in [3.05, 3.63) is 0 Å².